The summed E-state index contributed by atoms with van der Waals surface area (Å²) in [5.41, 5.74) is 0.222. The second kappa shape index (κ2) is 5.59. The van der Waals surface area contributed by atoms with Crippen LogP contribution in [0.1, 0.15) is 18.9 Å². The number of benzene rings is 1. The first-order chi connectivity index (χ1) is 7.45. The van der Waals surface area contributed by atoms with E-state index in [1.54, 1.807) is 0 Å². The van der Waals surface area contributed by atoms with Crippen LogP contribution in [0.25, 0.3) is 0 Å². The summed E-state index contributed by atoms with van der Waals surface area (Å²) in [6, 6.07) is 2.33. The third-order valence-corrected chi connectivity index (χ3v) is 3.27. The molecule has 88 valence electrons. The van der Waals surface area contributed by atoms with Gasteiger partial charge in [-0.2, -0.15) is 0 Å². The molecule has 0 aliphatic carbocycles. The first kappa shape index (κ1) is 13.4. The fraction of sp³-hybridized carbons (Fsp3) is 0.400. The second-order valence-corrected chi connectivity index (χ2v) is 4.83. The van der Waals surface area contributed by atoms with Gasteiger partial charge in [0.2, 0.25) is 0 Å². The molecule has 0 N–H and O–H groups in total. The minimum Gasteiger partial charge on any atom is -0.258 e. The molecule has 1 unspecified atom stereocenters. The molecule has 6 heteroatoms. The van der Waals surface area contributed by atoms with Crippen LogP contribution in [0.3, 0.4) is 0 Å². The number of halogens is 3. The van der Waals surface area contributed by atoms with Gasteiger partial charge in [0.15, 0.2) is 0 Å². The number of nitro groups is 1. The first-order valence-electron chi connectivity index (χ1n) is 4.72. The molecule has 0 amide bonds. The van der Waals surface area contributed by atoms with Crippen molar-refractivity contribution in [2.24, 2.45) is 0 Å². The van der Waals surface area contributed by atoms with E-state index in [0.29, 0.717) is 18.4 Å². The molecular formula is C10H10BrClFNO2. The van der Waals surface area contributed by atoms with Crippen molar-refractivity contribution < 1.29 is 9.31 Å². The molecule has 1 aromatic rings. The fourth-order valence-corrected chi connectivity index (χ4v) is 1.79. The molecular weight excluding hydrogens is 300 g/mol. The van der Waals surface area contributed by atoms with Gasteiger partial charge in [-0.25, -0.2) is 4.39 Å². The van der Waals surface area contributed by atoms with Gasteiger partial charge in [-0.15, -0.1) is 11.6 Å². The third-order valence-electron chi connectivity index (χ3n) is 2.20. The Morgan fingerprint density at radius 2 is 2.25 bits per heavy atom. The number of nitro benzene ring substituents is 1. The van der Waals surface area contributed by atoms with Crippen molar-refractivity contribution >= 4 is 33.2 Å². The van der Waals surface area contributed by atoms with E-state index in [1.165, 1.54) is 6.07 Å². The molecule has 0 spiro atoms. The highest BCUT2D eigenvalue weighted by molar-refractivity contribution is 9.10. The maximum Gasteiger partial charge on any atom is 0.273 e. The standard InChI is InChI=1S/C10H10BrClFNO2/c1-2-7(12)3-6-4-9(13)8(11)5-10(6)14(15)16/h4-5,7H,2-3H2,1H3. The Morgan fingerprint density at radius 3 is 2.75 bits per heavy atom. The molecule has 1 rings (SSSR count). The van der Waals surface area contributed by atoms with Crippen LogP contribution in [0.4, 0.5) is 10.1 Å². The molecule has 1 atom stereocenters. The molecule has 0 fully saturated rings. The number of alkyl halides is 1. The van der Waals surface area contributed by atoms with Crippen LogP contribution in [0.15, 0.2) is 16.6 Å². The van der Waals surface area contributed by atoms with Crippen molar-refractivity contribution in [2.45, 2.75) is 25.1 Å². The van der Waals surface area contributed by atoms with E-state index < -0.39 is 10.7 Å². The Labute approximate surface area is 106 Å². The molecule has 3 nitrogen and oxygen atoms in total. The van der Waals surface area contributed by atoms with Crippen LogP contribution < -0.4 is 0 Å². The lowest BCUT2D eigenvalue weighted by Crippen LogP contribution is -2.05. The summed E-state index contributed by atoms with van der Waals surface area (Å²) in [5, 5.41) is 10.6. The summed E-state index contributed by atoms with van der Waals surface area (Å²) in [4.78, 5) is 10.2. The van der Waals surface area contributed by atoms with Crippen molar-refractivity contribution in [1.82, 2.24) is 0 Å². The summed E-state index contributed by atoms with van der Waals surface area (Å²) < 4.78 is 13.4. The normalized spacial score (nSPS) is 12.5. The van der Waals surface area contributed by atoms with Gasteiger partial charge >= 0.3 is 0 Å². The van der Waals surface area contributed by atoms with E-state index >= 15 is 0 Å². The Hall–Kier alpha value is -0.680. The Bertz CT molecular complexity index is 414. The zero-order valence-electron chi connectivity index (χ0n) is 8.54. The summed E-state index contributed by atoms with van der Waals surface area (Å²) in [6.07, 6.45) is 0.967. The third kappa shape index (κ3) is 3.15. The van der Waals surface area contributed by atoms with Crippen molar-refractivity contribution in [1.29, 1.82) is 0 Å². The van der Waals surface area contributed by atoms with Gasteiger partial charge in [-0.1, -0.05) is 6.92 Å². The SMILES string of the molecule is CCC(Cl)Cc1cc(F)c(Br)cc1[N+](=O)[O-]. The van der Waals surface area contributed by atoms with Gasteiger partial charge in [-0.05, 0) is 34.8 Å². The summed E-state index contributed by atoms with van der Waals surface area (Å²) in [6.45, 7) is 1.87. The highest BCUT2D eigenvalue weighted by atomic mass is 79.9. The number of hydrogen-bond donors (Lipinski definition) is 0. The van der Waals surface area contributed by atoms with E-state index in [2.05, 4.69) is 15.9 Å². The summed E-state index contributed by atoms with van der Waals surface area (Å²) >= 11 is 8.83. The van der Waals surface area contributed by atoms with Crippen LogP contribution in [0.5, 0.6) is 0 Å². The van der Waals surface area contributed by atoms with Gasteiger partial charge < -0.3 is 0 Å². The lowest BCUT2D eigenvalue weighted by Gasteiger charge is -2.08. The largest absolute Gasteiger partial charge is 0.273 e. The maximum absolute atomic E-state index is 13.3. The van der Waals surface area contributed by atoms with Crippen molar-refractivity contribution in [3.8, 4) is 0 Å². The predicted molar refractivity (Wildman–Crippen MR) is 64.4 cm³/mol. The highest BCUT2D eigenvalue weighted by Gasteiger charge is 2.19. The summed E-state index contributed by atoms with van der Waals surface area (Å²) in [7, 11) is 0. The number of nitrogens with zero attached hydrogens (tertiary/aromatic N) is 1. The highest BCUT2D eigenvalue weighted by Crippen LogP contribution is 2.28. The van der Waals surface area contributed by atoms with Crippen LogP contribution in [-0.4, -0.2) is 10.3 Å². The molecule has 0 radical (unpaired) electrons. The zero-order chi connectivity index (χ0) is 12.3. The van der Waals surface area contributed by atoms with Crippen molar-refractivity contribution in [2.75, 3.05) is 0 Å². The average molecular weight is 311 g/mol. The molecule has 0 heterocycles. The number of rotatable bonds is 4. The van der Waals surface area contributed by atoms with Gasteiger partial charge in [0.25, 0.3) is 5.69 Å². The molecule has 0 aliphatic heterocycles. The van der Waals surface area contributed by atoms with Gasteiger partial charge in [0, 0.05) is 17.0 Å². The predicted octanol–water partition coefficient (Wildman–Crippen LogP) is 4.06. The Balaban J connectivity index is 3.14. The minimum atomic E-state index is -0.529. The lowest BCUT2D eigenvalue weighted by atomic mass is 10.1. The van der Waals surface area contributed by atoms with E-state index in [4.69, 9.17) is 11.6 Å². The summed E-state index contributed by atoms with van der Waals surface area (Å²) in [5.74, 6) is -0.513. The van der Waals surface area contributed by atoms with Crippen LogP contribution >= 0.6 is 27.5 Å². The van der Waals surface area contributed by atoms with Crippen LogP contribution in [-0.2, 0) is 6.42 Å². The molecule has 0 saturated carbocycles. The molecule has 0 bridgehead atoms. The number of hydrogen-bond acceptors (Lipinski definition) is 2. The monoisotopic (exact) mass is 309 g/mol. The maximum atomic E-state index is 13.3. The van der Waals surface area contributed by atoms with E-state index in [9.17, 15) is 14.5 Å². The second-order valence-electron chi connectivity index (χ2n) is 3.36. The first-order valence-corrected chi connectivity index (χ1v) is 5.95. The molecule has 0 aliphatic rings. The zero-order valence-corrected chi connectivity index (χ0v) is 10.9. The molecule has 1 aromatic carbocycles. The minimum absolute atomic E-state index is 0.0885. The van der Waals surface area contributed by atoms with Crippen LogP contribution in [0, 0.1) is 15.9 Å². The van der Waals surface area contributed by atoms with Crippen molar-refractivity contribution in [3.63, 3.8) is 0 Å². The Kier molecular flexibility index (Phi) is 4.68. The van der Waals surface area contributed by atoms with Gasteiger partial charge in [-0.3, -0.25) is 10.1 Å². The van der Waals surface area contributed by atoms with Gasteiger partial charge in [0.05, 0.1) is 9.40 Å². The quantitative estimate of drug-likeness (QED) is 0.478. The fourth-order valence-electron chi connectivity index (χ4n) is 1.29. The molecule has 0 saturated heterocycles. The average Bonchev–Trinajstić information content (AvgIpc) is 2.22. The van der Waals surface area contributed by atoms with Crippen molar-refractivity contribution in [3.05, 3.63) is 38.1 Å². The van der Waals surface area contributed by atoms with E-state index in [0.717, 1.165) is 6.07 Å². The smallest absolute Gasteiger partial charge is 0.258 e. The Morgan fingerprint density at radius 1 is 1.62 bits per heavy atom. The van der Waals surface area contributed by atoms with E-state index in [-0.39, 0.29) is 15.5 Å². The molecule has 16 heavy (non-hydrogen) atoms. The lowest BCUT2D eigenvalue weighted by molar-refractivity contribution is -0.385. The van der Waals surface area contributed by atoms with Crippen LogP contribution in [0.2, 0.25) is 0 Å². The topological polar surface area (TPSA) is 43.1 Å². The molecule has 0 aromatic heterocycles. The van der Waals surface area contributed by atoms with E-state index in [1.807, 2.05) is 6.92 Å². The van der Waals surface area contributed by atoms with Gasteiger partial charge in [0.1, 0.15) is 5.82 Å².